The van der Waals surface area contributed by atoms with E-state index in [0.717, 1.165) is 43.4 Å². The molecule has 2 rings (SSSR count). The lowest BCUT2D eigenvalue weighted by Crippen LogP contribution is -2.44. The van der Waals surface area contributed by atoms with Crippen molar-refractivity contribution >= 4 is 29.3 Å². The number of likely N-dealkylation sites (N-methyl/N-ethyl adjacent to an activating group) is 1. The molecular weight excluding hydrogens is 396 g/mol. The Balaban J connectivity index is 2.05. The maximum Gasteiger partial charge on any atom is 0.243 e. The van der Waals surface area contributed by atoms with Gasteiger partial charge in [0.25, 0.3) is 0 Å². The van der Waals surface area contributed by atoms with Crippen LogP contribution in [-0.4, -0.2) is 72.0 Å². The van der Waals surface area contributed by atoms with Crippen LogP contribution in [0, 0.1) is 11.3 Å². The highest BCUT2D eigenvalue weighted by molar-refractivity contribution is 8.00. The Labute approximate surface area is 184 Å². The number of hydrogen-bond acceptors (Lipinski definition) is 7. The van der Waals surface area contributed by atoms with Crippen LogP contribution in [0.4, 0.5) is 11.6 Å². The molecule has 2 heterocycles. The maximum atomic E-state index is 12.9. The maximum absolute atomic E-state index is 12.9. The van der Waals surface area contributed by atoms with Crippen LogP contribution in [0.25, 0.3) is 0 Å². The number of carbonyl (C=O) groups excluding carboxylic acids is 1. The van der Waals surface area contributed by atoms with E-state index >= 15 is 0 Å². The molecule has 1 unspecified atom stereocenters. The van der Waals surface area contributed by atoms with Crippen LogP contribution in [0.2, 0.25) is 0 Å². The molecule has 7 nitrogen and oxygen atoms in total. The number of anilines is 2. The Morgan fingerprint density at radius 1 is 1.40 bits per heavy atom. The fourth-order valence-electron chi connectivity index (χ4n) is 3.18. The molecule has 0 radical (unpaired) electrons. The Kier molecular flexibility index (Phi) is 9.71. The van der Waals surface area contributed by atoms with Crippen molar-refractivity contribution in [3.05, 3.63) is 42.2 Å². The van der Waals surface area contributed by atoms with Gasteiger partial charge in [0.2, 0.25) is 5.91 Å². The first kappa shape index (κ1) is 23.8. The van der Waals surface area contributed by atoms with Gasteiger partial charge in [-0.25, -0.2) is 4.98 Å². The average Bonchev–Trinajstić information content (AvgIpc) is 2.76. The molecule has 162 valence electrons. The summed E-state index contributed by atoms with van der Waals surface area (Å²) in [4.78, 5) is 23.9. The number of nitriles is 1. The van der Waals surface area contributed by atoms with Crippen LogP contribution in [0.1, 0.15) is 20.3 Å². The Bertz CT molecular complexity index is 795. The number of amides is 1. The van der Waals surface area contributed by atoms with E-state index in [4.69, 9.17) is 10.2 Å². The smallest absolute Gasteiger partial charge is 0.243 e. The number of thioether (sulfide) groups is 1. The summed E-state index contributed by atoms with van der Waals surface area (Å²) >= 11 is 1.50. The number of pyridine rings is 1. The minimum Gasteiger partial charge on any atom is -0.354 e. The highest BCUT2D eigenvalue weighted by Crippen LogP contribution is 2.21. The molecule has 1 amide bonds. The van der Waals surface area contributed by atoms with E-state index in [1.807, 2.05) is 44.5 Å². The number of rotatable bonds is 9. The van der Waals surface area contributed by atoms with Gasteiger partial charge in [0.15, 0.2) is 0 Å². The Hall–Kier alpha value is -2.50. The van der Waals surface area contributed by atoms with Crippen LogP contribution in [0.5, 0.6) is 0 Å². The van der Waals surface area contributed by atoms with Gasteiger partial charge in [0, 0.05) is 45.1 Å². The zero-order valence-electron chi connectivity index (χ0n) is 18.3. The van der Waals surface area contributed by atoms with E-state index in [0.29, 0.717) is 13.0 Å². The second kappa shape index (κ2) is 12.3. The van der Waals surface area contributed by atoms with Crippen molar-refractivity contribution in [2.75, 3.05) is 56.2 Å². The zero-order valence-corrected chi connectivity index (χ0v) is 19.2. The number of nitrogens with zero attached hydrogens (tertiary/aromatic N) is 5. The molecule has 0 aliphatic carbocycles. The number of piperazine rings is 1. The molecular formula is C22H32N6OS. The number of hydrogen-bond donors (Lipinski definition) is 1. The van der Waals surface area contributed by atoms with Gasteiger partial charge < -0.3 is 20.0 Å². The topological polar surface area (TPSA) is 75.5 Å². The minimum absolute atomic E-state index is 0.00823. The number of carbonyl (C=O) groups is 1. The Morgan fingerprint density at radius 2 is 2.13 bits per heavy atom. The summed E-state index contributed by atoms with van der Waals surface area (Å²) in [6.45, 7) is 8.45. The van der Waals surface area contributed by atoms with Crippen molar-refractivity contribution in [3.8, 4) is 6.07 Å². The van der Waals surface area contributed by atoms with Gasteiger partial charge in [-0.3, -0.25) is 4.79 Å². The number of allylic oxidation sites excluding steroid dienone is 1. The van der Waals surface area contributed by atoms with Crippen molar-refractivity contribution in [2.24, 2.45) is 0 Å². The van der Waals surface area contributed by atoms with Crippen molar-refractivity contribution < 1.29 is 4.79 Å². The summed E-state index contributed by atoms with van der Waals surface area (Å²) in [6.07, 6.45) is 7.50. The van der Waals surface area contributed by atoms with Crippen molar-refractivity contribution in [2.45, 2.75) is 25.5 Å². The van der Waals surface area contributed by atoms with Gasteiger partial charge in [-0.15, -0.1) is 11.8 Å². The highest BCUT2D eigenvalue weighted by atomic mass is 32.2. The van der Waals surface area contributed by atoms with Crippen molar-refractivity contribution in [3.63, 3.8) is 0 Å². The first-order valence-electron chi connectivity index (χ1n) is 10.2. The second-order valence-electron chi connectivity index (χ2n) is 7.19. The molecule has 1 saturated heterocycles. The molecule has 0 saturated carbocycles. The standard InChI is InChI=1S/C22H32N6OS/c1-5-27(12-7-6-11-23)22(29)21(30-4)18(2)17-24-19-9-8-10-20(25-19)28-15-13-26(3)14-16-28/h7-10,12,17,21H,5-6,13-16H2,1-4H3,(H,24,25). The summed E-state index contributed by atoms with van der Waals surface area (Å²) in [7, 11) is 2.14. The summed E-state index contributed by atoms with van der Waals surface area (Å²) in [5.74, 6) is 1.74. The molecule has 8 heteroatoms. The third-order valence-electron chi connectivity index (χ3n) is 5.00. The monoisotopic (exact) mass is 428 g/mol. The molecule has 0 spiro atoms. The second-order valence-corrected chi connectivity index (χ2v) is 8.13. The first-order chi connectivity index (χ1) is 14.5. The molecule has 0 bridgehead atoms. The predicted molar refractivity (Wildman–Crippen MR) is 125 cm³/mol. The highest BCUT2D eigenvalue weighted by Gasteiger charge is 2.23. The lowest BCUT2D eigenvalue weighted by molar-refractivity contribution is -0.127. The van der Waals surface area contributed by atoms with E-state index < -0.39 is 0 Å². The Morgan fingerprint density at radius 3 is 2.77 bits per heavy atom. The molecule has 1 fully saturated rings. The van der Waals surface area contributed by atoms with Crippen LogP contribution in [-0.2, 0) is 4.79 Å². The van der Waals surface area contributed by atoms with E-state index in [2.05, 4.69) is 28.2 Å². The molecule has 1 aliphatic heterocycles. The largest absolute Gasteiger partial charge is 0.354 e. The van der Waals surface area contributed by atoms with Gasteiger partial charge in [0.05, 0.1) is 12.5 Å². The van der Waals surface area contributed by atoms with Gasteiger partial charge in [-0.05, 0) is 44.9 Å². The average molecular weight is 429 g/mol. The molecule has 1 aromatic rings. The molecule has 30 heavy (non-hydrogen) atoms. The van der Waals surface area contributed by atoms with Crippen LogP contribution in [0.15, 0.2) is 42.2 Å². The van der Waals surface area contributed by atoms with Crippen LogP contribution >= 0.6 is 11.8 Å². The summed E-state index contributed by atoms with van der Waals surface area (Å²) in [5, 5.41) is 11.6. The van der Waals surface area contributed by atoms with Gasteiger partial charge >= 0.3 is 0 Å². The fraction of sp³-hybridized carbons (Fsp3) is 0.500. The lowest BCUT2D eigenvalue weighted by atomic mass is 10.2. The SMILES string of the molecule is CCN(C=CCC#N)C(=O)C(SC)C(C)=CNc1cccc(N2CCN(C)CC2)n1. The van der Waals surface area contributed by atoms with Crippen molar-refractivity contribution in [1.82, 2.24) is 14.8 Å². The van der Waals surface area contributed by atoms with Gasteiger partial charge in [0.1, 0.15) is 16.9 Å². The van der Waals surface area contributed by atoms with Crippen LogP contribution in [0.3, 0.4) is 0 Å². The number of aromatic nitrogens is 1. The summed E-state index contributed by atoms with van der Waals surface area (Å²) < 4.78 is 0. The van der Waals surface area contributed by atoms with Crippen molar-refractivity contribution in [1.29, 1.82) is 5.26 Å². The van der Waals surface area contributed by atoms with E-state index in [9.17, 15) is 4.79 Å². The minimum atomic E-state index is -0.301. The van der Waals surface area contributed by atoms with Crippen LogP contribution < -0.4 is 10.2 Å². The molecule has 0 aromatic carbocycles. The predicted octanol–water partition coefficient (Wildman–Crippen LogP) is 3.16. The normalized spacial score (nSPS) is 16.4. The molecule has 1 N–H and O–H groups in total. The van der Waals surface area contributed by atoms with E-state index in [1.165, 1.54) is 11.8 Å². The van der Waals surface area contributed by atoms with E-state index in [1.54, 1.807) is 17.2 Å². The van der Waals surface area contributed by atoms with Gasteiger partial charge in [-0.1, -0.05) is 12.1 Å². The lowest BCUT2D eigenvalue weighted by Gasteiger charge is -2.33. The van der Waals surface area contributed by atoms with Gasteiger partial charge in [-0.2, -0.15) is 5.26 Å². The van der Waals surface area contributed by atoms with E-state index in [-0.39, 0.29) is 11.2 Å². The quantitative estimate of drug-likeness (QED) is 0.647. The zero-order chi connectivity index (χ0) is 21.9. The number of nitrogens with one attached hydrogen (secondary N) is 1. The molecule has 1 aliphatic rings. The fourth-order valence-corrected chi connectivity index (χ4v) is 3.96. The molecule has 1 atom stereocenters. The third kappa shape index (κ3) is 6.78. The summed E-state index contributed by atoms with van der Waals surface area (Å²) in [6, 6.07) is 8.03. The third-order valence-corrected chi connectivity index (χ3v) is 6.05. The summed E-state index contributed by atoms with van der Waals surface area (Å²) in [5.41, 5.74) is 0.923. The first-order valence-corrected chi connectivity index (χ1v) is 11.5. The molecule has 1 aromatic heterocycles.